The van der Waals surface area contributed by atoms with E-state index in [1.165, 1.54) is 49.3 Å². The summed E-state index contributed by atoms with van der Waals surface area (Å²) in [5, 5.41) is 7.04. The zero-order valence-electron chi connectivity index (χ0n) is 29.9. The molecule has 0 aliphatic heterocycles. The molecule has 0 spiro atoms. The van der Waals surface area contributed by atoms with Gasteiger partial charge in [-0.2, -0.15) is 0 Å². The van der Waals surface area contributed by atoms with Crippen LogP contribution in [0.2, 0.25) is 0 Å². The van der Waals surface area contributed by atoms with Crippen LogP contribution in [0.5, 0.6) is 0 Å². The second-order valence-corrected chi connectivity index (χ2v) is 14.1. The molecule has 0 atom stereocenters. The van der Waals surface area contributed by atoms with Crippen molar-refractivity contribution < 1.29 is 4.42 Å². The van der Waals surface area contributed by atoms with Gasteiger partial charge in [0.1, 0.15) is 5.58 Å². The average Bonchev–Trinajstić information content (AvgIpc) is 3.82. The van der Waals surface area contributed by atoms with E-state index < -0.39 is 0 Å². The lowest BCUT2D eigenvalue weighted by Gasteiger charge is -2.26. The second-order valence-electron chi connectivity index (χ2n) is 14.1. The highest BCUT2D eigenvalue weighted by atomic mass is 16.3. The summed E-state index contributed by atoms with van der Waals surface area (Å²) in [6.07, 6.45) is 0. The molecule has 3 heteroatoms. The number of benzene rings is 9. The minimum Gasteiger partial charge on any atom is -0.454 e. The van der Waals surface area contributed by atoms with Crippen LogP contribution in [0.3, 0.4) is 0 Å². The van der Waals surface area contributed by atoms with Crippen LogP contribution in [0.25, 0.3) is 82.5 Å². The van der Waals surface area contributed by atoms with Gasteiger partial charge in [-0.25, -0.2) is 0 Å². The third-order valence-corrected chi connectivity index (χ3v) is 11.0. The Hall–Kier alpha value is -7.36. The summed E-state index contributed by atoms with van der Waals surface area (Å²) >= 11 is 0. The molecule has 55 heavy (non-hydrogen) atoms. The molecule has 0 aliphatic rings. The van der Waals surface area contributed by atoms with Crippen molar-refractivity contribution in [3.63, 3.8) is 0 Å². The number of aromatic nitrogens is 1. The van der Waals surface area contributed by atoms with Gasteiger partial charge in [-0.15, -0.1) is 0 Å². The Bertz CT molecular complexity index is 3180. The molecule has 0 saturated heterocycles. The molecule has 0 unspecified atom stereocenters. The predicted molar refractivity (Wildman–Crippen MR) is 231 cm³/mol. The number of fused-ring (bicyclic) bond motifs is 8. The summed E-state index contributed by atoms with van der Waals surface area (Å²) in [6.45, 7) is 0. The van der Waals surface area contributed by atoms with E-state index in [0.29, 0.717) is 0 Å². The van der Waals surface area contributed by atoms with Crippen molar-refractivity contribution in [1.82, 2.24) is 4.57 Å². The molecule has 0 radical (unpaired) electrons. The van der Waals surface area contributed by atoms with Gasteiger partial charge in [0.25, 0.3) is 0 Å². The van der Waals surface area contributed by atoms with E-state index in [-0.39, 0.29) is 0 Å². The molecular weight excluding hydrogens is 669 g/mol. The lowest BCUT2D eigenvalue weighted by Crippen LogP contribution is -2.10. The third-order valence-electron chi connectivity index (χ3n) is 11.0. The van der Waals surface area contributed by atoms with Crippen LogP contribution in [-0.4, -0.2) is 4.57 Å². The fourth-order valence-corrected chi connectivity index (χ4v) is 8.57. The highest BCUT2D eigenvalue weighted by Crippen LogP contribution is 2.49. The maximum Gasteiger partial charge on any atom is 0.160 e. The van der Waals surface area contributed by atoms with Gasteiger partial charge in [0.15, 0.2) is 5.58 Å². The highest BCUT2D eigenvalue weighted by Gasteiger charge is 2.25. The smallest absolute Gasteiger partial charge is 0.160 e. The number of hydrogen-bond acceptors (Lipinski definition) is 2. The molecular formula is C52H34N2O. The number of anilines is 3. The van der Waals surface area contributed by atoms with Crippen LogP contribution in [0.15, 0.2) is 211 Å². The van der Waals surface area contributed by atoms with Gasteiger partial charge in [0.2, 0.25) is 0 Å². The SMILES string of the molecule is c1ccc(-c2ccc(N(c3ccccc3)c3ccc(-c4cccc5c4c4ccccc4n5-c4ccccc4)c4c3oc3ccc5ccccc5c34)cc2)cc1. The Labute approximate surface area is 318 Å². The van der Waals surface area contributed by atoms with Crippen molar-refractivity contribution >= 4 is 71.6 Å². The first kappa shape index (κ1) is 31.2. The summed E-state index contributed by atoms with van der Waals surface area (Å²) in [7, 11) is 0. The van der Waals surface area contributed by atoms with Crippen LogP contribution in [-0.2, 0) is 0 Å². The van der Waals surface area contributed by atoms with Gasteiger partial charge >= 0.3 is 0 Å². The van der Waals surface area contributed by atoms with Crippen molar-refractivity contribution in [2.75, 3.05) is 4.90 Å². The monoisotopic (exact) mass is 702 g/mol. The molecule has 3 nitrogen and oxygen atoms in total. The maximum absolute atomic E-state index is 7.10. The van der Waals surface area contributed by atoms with Crippen molar-refractivity contribution in [3.8, 4) is 27.9 Å². The van der Waals surface area contributed by atoms with E-state index in [1.54, 1.807) is 0 Å². The average molecular weight is 703 g/mol. The first-order valence-corrected chi connectivity index (χ1v) is 18.8. The lowest BCUT2D eigenvalue weighted by molar-refractivity contribution is 0.669. The first-order chi connectivity index (χ1) is 27.3. The Kier molecular flexibility index (Phi) is 7.17. The van der Waals surface area contributed by atoms with Gasteiger partial charge in [-0.3, -0.25) is 0 Å². The lowest BCUT2D eigenvalue weighted by atomic mass is 9.93. The molecule has 0 bridgehead atoms. The van der Waals surface area contributed by atoms with Crippen LogP contribution in [0.4, 0.5) is 17.1 Å². The number of para-hydroxylation sites is 3. The van der Waals surface area contributed by atoms with Gasteiger partial charge in [0.05, 0.1) is 16.7 Å². The minimum atomic E-state index is 0.851. The summed E-state index contributed by atoms with van der Waals surface area (Å²) < 4.78 is 9.49. The van der Waals surface area contributed by atoms with Crippen molar-refractivity contribution in [1.29, 1.82) is 0 Å². The molecule has 0 amide bonds. The van der Waals surface area contributed by atoms with E-state index in [9.17, 15) is 0 Å². The molecule has 0 saturated carbocycles. The van der Waals surface area contributed by atoms with E-state index in [2.05, 4.69) is 216 Å². The Morgan fingerprint density at radius 1 is 0.382 bits per heavy atom. The quantitative estimate of drug-likeness (QED) is 0.172. The summed E-state index contributed by atoms with van der Waals surface area (Å²) in [5.41, 5.74) is 13.0. The number of hydrogen-bond donors (Lipinski definition) is 0. The van der Waals surface area contributed by atoms with Crippen LogP contribution >= 0.6 is 0 Å². The second kappa shape index (κ2) is 12.6. The molecule has 0 N–H and O–H groups in total. The molecule has 2 heterocycles. The van der Waals surface area contributed by atoms with Crippen LogP contribution in [0.1, 0.15) is 0 Å². The number of furan rings is 1. The molecule has 258 valence electrons. The van der Waals surface area contributed by atoms with Crippen LogP contribution < -0.4 is 4.90 Å². The topological polar surface area (TPSA) is 21.3 Å². The molecule has 11 aromatic rings. The number of nitrogens with zero attached hydrogens (tertiary/aromatic N) is 2. The minimum absolute atomic E-state index is 0.851. The fraction of sp³-hybridized carbons (Fsp3) is 0. The summed E-state index contributed by atoms with van der Waals surface area (Å²) in [4.78, 5) is 2.33. The molecule has 9 aromatic carbocycles. The van der Waals surface area contributed by atoms with E-state index in [4.69, 9.17) is 4.42 Å². The molecule has 0 aliphatic carbocycles. The zero-order valence-corrected chi connectivity index (χ0v) is 29.9. The zero-order chi connectivity index (χ0) is 36.3. The number of rotatable bonds is 6. The van der Waals surface area contributed by atoms with Gasteiger partial charge in [0, 0.05) is 38.6 Å². The molecule has 11 rings (SSSR count). The molecule has 2 aromatic heterocycles. The predicted octanol–water partition coefficient (Wildman–Crippen LogP) is 14.6. The Morgan fingerprint density at radius 2 is 1.00 bits per heavy atom. The van der Waals surface area contributed by atoms with E-state index in [1.807, 2.05) is 0 Å². The van der Waals surface area contributed by atoms with E-state index >= 15 is 0 Å². The summed E-state index contributed by atoms with van der Waals surface area (Å²) in [5.74, 6) is 0. The largest absolute Gasteiger partial charge is 0.454 e. The fourth-order valence-electron chi connectivity index (χ4n) is 8.57. The Morgan fingerprint density at radius 3 is 1.80 bits per heavy atom. The normalized spacial score (nSPS) is 11.6. The van der Waals surface area contributed by atoms with Gasteiger partial charge in [-0.05, 0) is 93.7 Å². The van der Waals surface area contributed by atoms with Gasteiger partial charge < -0.3 is 13.9 Å². The Balaban J connectivity index is 1.22. The third kappa shape index (κ3) is 4.98. The van der Waals surface area contributed by atoms with Crippen LogP contribution in [0, 0.1) is 0 Å². The summed E-state index contributed by atoms with van der Waals surface area (Å²) in [6, 6.07) is 73.7. The van der Waals surface area contributed by atoms with Crippen molar-refractivity contribution in [3.05, 3.63) is 206 Å². The van der Waals surface area contributed by atoms with Gasteiger partial charge in [-0.1, -0.05) is 146 Å². The first-order valence-electron chi connectivity index (χ1n) is 18.8. The van der Waals surface area contributed by atoms with Crippen molar-refractivity contribution in [2.45, 2.75) is 0 Å². The standard InChI is InChI=1S/C52H34N2O/c1-4-15-35(16-5-1)36-27-30-40(31-28-36)53(38-18-6-2-7-19-38)47-33-32-43(51-50-41-22-11-10-17-37(41)29-34-48(50)55-52(47)51)42-24-14-26-46-49(42)44-23-12-13-25-45(44)54(46)39-20-8-3-9-21-39/h1-34H. The maximum atomic E-state index is 7.10. The highest BCUT2D eigenvalue weighted by molar-refractivity contribution is 6.27. The van der Waals surface area contributed by atoms with Crippen molar-refractivity contribution in [2.24, 2.45) is 0 Å². The molecule has 0 fully saturated rings. The van der Waals surface area contributed by atoms with E-state index in [0.717, 1.165) is 50.3 Å².